The lowest BCUT2D eigenvalue weighted by atomic mass is 9.97. The molecule has 0 bridgehead atoms. The zero-order valence-corrected chi connectivity index (χ0v) is 14.6. The second kappa shape index (κ2) is 7.40. The van der Waals surface area contributed by atoms with Gasteiger partial charge >= 0.3 is 0 Å². The molecule has 3 atom stereocenters. The Kier molecular flexibility index (Phi) is 5.79. The van der Waals surface area contributed by atoms with Crippen LogP contribution in [0.1, 0.15) is 60.3 Å². The smallest absolute Gasteiger partial charge is 0.173 e. The lowest BCUT2D eigenvalue weighted by Crippen LogP contribution is -2.56. The van der Waals surface area contributed by atoms with Crippen molar-refractivity contribution in [3.8, 4) is 0 Å². The summed E-state index contributed by atoms with van der Waals surface area (Å²) in [6.45, 7) is 10.9. The van der Waals surface area contributed by atoms with Crippen molar-refractivity contribution < 1.29 is 9.53 Å². The molecule has 0 saturated carbocycles. The predicted molar refractivity (Wildman–Crippen MR) is 90.0 cm³/mol. The Morgan fingerprint density at radius 3 is 2.73 bits per heavy atom. The van der Waals surface area contributed by atoms with E-state index in [0.717, 1.165) is 31.1 Å². The van der Waals surface area contributed by atoms with Crippen molar-refractivity contribution in [2.45, 2.75) is 78.6 Å². The first-order chi connectivity index (χ1) is 10.4. The summed E-state index contributed by atoms with van der Waals surface area (Å²) in [5.41, 5.74) is 0.588. The van der Waals surface area contributed by atoms with Crippen LogP contribution in [0.2, 0.25) is 0 Å². The van der Waals surface area contributed by atoms with E-state index < -0.39 is 0 Å². The van der Waals surface area contributed by atoms with Gasteiger partial charge in [0.25, 0.3) is 0 Å². The third-order valence-electron chi connectivity index (χ3n) is 4.59. The number of allylic oxidation sites excluding steroid dienone is 1. The van der Waals surface area contributed by atoms with Gasteiger partial charge in [-0.1, -0.05) is 20.3 Å². The van der Waals surface area contributed by atoms with Gasteiger partial charge < -0.3 is 9.64 Å². The van der Waals surface area contributed by atoms with Crippen molar-refractivity contribution in [1.29, 1.82) is 0 Å². The summed E-state index contributed by atoms with van der Waals surface area (Å²) in [6, 6.07) is 0.440. The Morgan fingerprint density at radius 2 is 2.14 bits per heavy atom. The van der Waals surface area contributed by atoms with Gasteiger partial charge in [-0.2, -0.15) is 0 Å². The molecule has 4 nitrogen and oxygen atoms in total. The van der Waals surface area contributed by atoms with Crippen molar-refractivity contribution in [3.05, 3.63) is 11.9 Å². The van der Waals surface area contributed by atoms with E-state index in [0.29, 0.717) is 24.0 Å². The quantitative estimate of drug-likeness (QED) is 0.533. The number of hydrogen-bond donors (Lipinski definition) is 0. The van der Waals surface area contributed by atoms with E-state index in [1.54, 1.807) is 13.8 Å². The van der Waals surface area contributed by atoms with Gasteiger partial charge in [0.1, 0.15) is 5.82 Å². The fraction of sp³-hybridized carbons (Fsp3) is 0.778. The van der Waals surface area contributed by atoms with E-state index in [1.165, 1.54) is 12.8 Å². The summed E-state index contributed by atoms with van der Waals surface area (Å²) in [6.07, 6.45) is 7.36. The minimum atomic E-state index is 0.0428. The van der Waals surface area contributed by atoms with Crippen molar-refractivity contribution in [3.63, 3.8) is 0 Å². The molecule has 0 amide bonds. The largest absolute Gasteiger partial charge is 0.371 e. The molecule has 4 heteroatoms. The fourth-order valence-electron chi connectivity index (χ4n) is 3.12. The molecule has 2 aliphatic heterocycles. The lowest BCUT2D eigenvalue weighted by molar-refractivity contribution is -0.111. The van der Waals surface area contributed by atoms with Gasteiger partial charge in [0.2, 0.25) is 0 Å². The number of nitrogens with zero attached hydrogens (tertiary/aromatic N) is 2. The minimum Gasteiger partial charge on any atom is -0.371 e. The van der Waals surface area contributed by atoms with Gasteiger partial charge in [0.05, 0.1) is 24.0 Å². The monoisotopic (exact) mass is 306 g/mol. The third kappa shape index (κ3) is 4.19. The van der Waals surface area contributed by atoms with Crippen LogP contribution in [0.15, 0.2) is 16.9 Å². The van der Waals surface area contributed by atoms with Crippen molar-refractivity contribution in [2.24, 2.45) is 10.9 Å². The zero-order valence-electron chi connectivity index (χ0n) is 14.6. The van der Waals surface area contributed by atoms with E-state index in [-0.39, 0.29) is 5.78 Å². The Bertz CT molecular complexity index is 468. The molecule has 2 rings (SSSR count). The molecule has 3 unspecified atom stereocenters. The van der Waals surface area contributed by atoms with Crippen molar-refractivity contribution >= 4 is 11.5 Å². The van der Waals surface area contributed by atoms with Crippen LogP contribution >= 0.6 is 0 Å². The van der Waals surface area contributed by atoms with Crippen LogP contribution in [0, 0.1) is 5.92 Å². The number of likely N-dealkylation sites (tertiary alicyclic amines) is 1. The summed E-state index contributed by atoms with van der Waals surface area (Å²) in [5, 5.41) is 0. The van der Waals surface area contributed by atoms with E-state index >= 15 is 0 Å². The molecule has 124 valence electrons. The van der Waals surface area contributed by atoms with Crippen LogP contribution in [-0.4, -0.2) is 41.2 Å². The molecular formula is C18H30N2O2. The highest BCUT2D eigenvalue weighted by Crippen LogP contribution is 2.36. The van der Waals surface area contributed by atoms with Gasteiger partial charge in [0.15, 0.2) is 5.78 Å². The molecule has 0 aromatic carbocycles. The summed E-state index contributed by atoms with van der Waals surface area (Å²) < 4.78 is 5.87. The van der Waals surface area contributed by atoms with Crippen LogP contribution < -0.4 is 0 Å². The van der Waals surface area contributed by atoms with Crippen molar-refractivity contribution in [1.82, 2.24) is 4.90 Å². The first-order valence-electron chi connectivity index (χ1n) is 8.57. The number of fused-ring (bicyclic) bond motifs is 1. The second-order valence-electron chi connectivity index (χ2n) is 7.08. The molecular weight excluding hydrogens is 276 g/mol. The Labute approximate surface area is 134 Å². The summed E-state index contributed by atoms with van der Waals surface area (Å²) in [7, 11) is 0. The molecule has 0 radical (unpaired) electrons. The van der Waals surface area contributed by atoms with Crippen LogP contribution in [0.25, 0.3) is 0 Å². The first kappa shape index (κ1) is 17.2. The average molecular weight is 306 g/mol. The third-order valence-corrected chi connectivity index (χ3v) is 4.59. The van der Waals surface area contributed by atoms with E-state index in [9.17, 15) is 4.79 Å². The number of hydrogen-bond acceptors (Lipinski definition) is 4. The number of carbonyl (C=O) groups excluding carboxylic acids is 1. The van der Waals surface area contributed by atoms with Gasteiger partial charge in [0, 0.05) is 13.5 Å². The standard InChI is InChI=1S/C18H30N2O2/c1-12(2)8-6-7-9-18(19-14(4)15(5)21)20-11-17-16(20)10-13(3)22-17/h9,12-13,16-17H,6-8,10-11H2,1-5H3/b18-9-,19-14+. The Morgan fingerprint density at radius 1 is 1.41 bits per heavy atom. The number of unbranched alkanes of at least 4 members (excludes halogenated alkanes) is 1. The summed E-state index contributed by atoms with van der Waals surface area (Å²) in [4.78, 5) is 18.4. The van der Waals surface area contributed by atoms with Crippen molar-refractivity contribution in [2.75, 3.05) is 6.54 Å². The molecule has 2 aliphatic rings. The molecule has 0 N–H and O–H groups in total. The van der Waals surface area contributed by atoms with Gasteiger partial charge in [-0.15, -0.1) is 0 Å². The molecule has 0 aromatic heterocycles. The maximum Gasteiger partial charge on any atom is 0.173 e. The number of ketones is 1. The van der Waals surface area contributed by atoms with Crippen LogP contribution in [0.3, 0.4) is 0 Å². The van der Waals surface area contributed by atoms with E-state index in [1.807, 2.05) is 0 Å². The molecule has 2 saturated heterocycles. The number of ether oxygens (including phenoxy) is 1. The maximum absolute atomic E-state index is 11.5. The van der Waals surface area contributed by atoms with Crippen LogP contribution in [-0.2, 0) is 9.53 Å². The molecule has 2 heterocycles. The predicted octanol–water partition coefficient (Wildman–Crippen LogP) is 3.57. The number of aliphatic imine (C=N–C) groups is 1. The molecule has 0 aromatic rings. The minimum absolute atomic E-state index is 0.0428. The van der Waals surface area contributed by atoms with E-state index in [2.05, 4.69) is 36.7 Å². The summed E-state index contributed by atoms with van der Waals surface area (Å²) >= 11 is 0. The number of carbonyl (C=O) groups is 1. The molecule has 22 heavy (non-hydrogen) atoms. The molecule has 2 fully saturated rings. The molecule has 0 aliphatic carbocycles. The van der Waals surface area contributed by atoms with E-state index in [4.69, 9.17) is 4.74 Å². The van der Waals surface area contributed by atoms with Gasteiger partial charge in [-0.05, 0) is 45.1 Å². The fourth-order valence-corrected chi connectivity index (χ4v) is 3.12. The molecule has 0 spiro atoms. The highest BCUT2D eigenvalue weighted by molar-refractivity contribution is 6.38. The highest BCUT2D eigenvalue weighted by atomic mass is 16.5. The zero-order chi connectivity index (χ0) is 16.3. The number of rotatable bonds is 7. The second-order valence-corrected chi connectivity index (χ2v) is 7.08. The maximum atomic E-state index is 11.5. The van der Waals surface area contributed by atoms with Gasteiger partial charge in [-0.25, -0.2) is 4.99 Å². The first-order valence-corrected chi connectivity index (χ1v) is 8.57. The topological polar surface area (TPSA) is 41.9 Å². The number of Topliss-reactive ketones (excluding diaryl/α,β-unsaturated/α-hetero) is 1. The average Bonchev–Trinajstić information content (AvgIpc) is 2.70. The highest BCUT2D eigenvalue weighted by Gasteiger charge is 2.47. The normalized spacial score (nSPS) is 28.8. The SMILES string of the molecule is CC(=O)/C(C)=N/C(=C/CCCC(C)C)N1CC2OC(C)CC21. The summed E-state index contributed by atoms with van der Waals surface area (Å²) in [5.74, 6) is 1.74. The van der Waals surface area contributed by atoms with Crippen LogP contribution in [0.4, 0.5) is 0 Å². The lowest BCUT2D eigenvalue weighted by Gasteiger charge is -2.44. The Balaban J connectivity index is 2.04. The van der Waals surface area contributed by atoms with Crippen LogP contribution in [0.5, 0.6) is 0 Å². The van der Waals surface area contributed by atoms with Gasteiger partial charge in [-0.3, -0.25) is 4.79 Å². The Hall–Kier alpha value is -1.16.